The van der Waals surface area contributed by atoms with Gasteiger partial charge in [0.2, 0.25) is 0 Å². The standard InChI is InChI=1S/C14H20BrN3/c1-16-6-7-17-8-9-18(11-14(17)10-16)13-4-2-12(15)3-5-13/h2-5,14H,6-11H2,1H3. The van der Waals surface area contributed by atoms with Gasteiger partial charge in [0, 0.05) is 55.5 Å². The predicted molar refractivity (Wildman–Crippen MR) is 79.2 cm³/mol. The van der Waals surface area contributed by atoms with Crippen LogP contribution in [0.4, 0.5) is 5.69 Å². The lowest BCUT2D eigenvalue weighted by atomic mass is 10.1. The van der Waals surface area contributed by atoms with Gasteiger partial charge in [-0.1, -0.05) is 15.9 Å². The summed E-state index contributed by atoms with van der Waals surface area (Å²) in [6, 6.07) is 9.39. The molecule has 2 saturated heterocycles. The first kappa shape index (κ1) is 12.5. The zero-order valence-corrected chi connectivity index (χ0v) is 12.4. The van der Waals surface area contributed by atoms with Crippen LogP contribution in [0.5, 0.6) is 0 Å². The Kier molecular flexibility index (Phi) is 3.59. The van der Waals surface area contributed by atoms with Crippen molar-refractivity contribution in [2.24, 2.45) is 0 Å². The topological polar surface area (TPSA) is 9.72 Å². The van der Waals surface area contributed by atoms with E-state index in [9.17, 15) is 0 Å². The first-order chi connectivity index (χ1) is 8.72. The zero-order chi connectivity index (χ0) is 12.5. The Morgan fingerprint density at radius 1 is 1.00 bits per heavy atom. The Morgan fingerprint density at radius 2 is 1.72 bits per heavy atom. The number of hydrogen-bond acceptors (Lipinski definition) is 3. The Morgan fingerprint density at radius 3 is 2.50 bits per heavy atom. The second-order valence-electron chi connectivity index (χ2n) is 5.37. The van der Waals surface area contributed by atoms with Gasteiger partial charge in [-0.2, -0.15) is 0 Å². The fourth-order valence-corrected chi connectivity index (χ4v) is 3.26. The maximum Gasteiger partial charge on any atom is 0.0399 e. The molecule has 18 heavy (non-hydrogen) atoms. The molecule has 0 saturated carbocycles. The number of rotatable bonds is 1. The van der Waals surface area contributed by atoms with Gasteiger partial charge in [-0.15, -0.1) is 0 Å². The van der Waals surface area contributed by atoms with Crippen molar-refractivity contribution in [1.82, 2.24) is 9.80 Å². The summed E-state index contributed by atoms with van der Waals surface area (Å²) in [5.74, 6) is 0. The number of nitrogens with zero attached hydrogens (tertiary/aromatic N) is 3. The summed E-state index contributed by atoms with van der Waals surface area (Å²) in [6.45, 7) is 7.17. The summed E-state index contributed by atoms with van der Waals surface area (Å²) in [6.07, 6.45) is 0. The first-order valence-corrected chi connectivity index (χ1v) is 7.45. The highest BCUT2D eigenvalue weighted by molar-refractivity contribution is 9.10. The van der Waals surface area contributed by atoms with Crippen molar-refractivity contribution in [3.63, 3.8) is 0 Å². The lowest BCUT2D eigenvalue weighted by Gasteiger charge is -2.47. The number of likely N-dealkylation sites (N-methyl/N-ethyl adjacent to an activating group) is 1. The van der Waals surface area contributed by atoms with Crippen LogP contribution in [0.2, 0.25) is 0 Å². The van der Waals surface area contributed by atoms with Crippen LogP contribution >= 0.6 is 15.9 Å². The number of piperazine rings is 2. The molecule has 1 unspecified atom stereocenters. The van der Waals surface area contributed by atoms with E-state index in [0.717, 1.165) is 17.6 Å². The van der Waals surface area contributed by atoms with Crippen LogP contribution in [-0.2, 0) is 0 Å². The van der Waals surface area contributed by atoms with Gasteiger partial charge in [-0.05, 0) is 31.3 Å². The molecule has 4 heteroatoms. The molecule has 0 spiro atoms. The van der Waals surface area contributed by atoms with E-state index >= 15 is 0 Å². The quantitative estimate of drug-likeness (QED) is 0.784. The van der Waals surface area contributed by atoms with E-state index in [-0.39, 0.29) is 0 Å². The second kappa shape index (κ2) is 5.19. The average molecular weight is 310 g/mol. The molecule has 1 aromatic carbocycles. The molecule has 2 heterocycles. The monoisotopic (exact) mass is 309 g/mol. The van der Waals surface area contributed by atoms with E-state index in [1.54, 1.807) is 0 Å². The molecule has 2 aliphatic rings. The highest BCUT2D eigenvalue weighted by atomic mass is 79.9. The minimum atomic E-state index is 0.696. The Hall–Kier alpha value is -0.580. The first-order valence-electron chi connectivity index (χ1n) is 6.65. The average Bonchev–Trinajstić information content (AvgIpc) is 2.38. The van der Waals surface area contributed by atoms with Crippen molar-refractivity contribution in [1.29, 1.82) is 0 Å². The van der Waals surface area contributed by atoms with Gasteiger partial charge >= 0.3 is 0 Å². The van der Waals surface area contributed by atoms with Crippen molar-refractivity contribution in [3.05, 3.63) is 28.7 Å². The van der Waals surface area contributed by atoms with E-state index in [1.165, 1.54) is 31.9 Å². The van der Waals surface area contributed by atoms with Gasteiger partial charge in [-0.25, -0.2) is 0 Å². The molecule has 0 radical (unpaired) electrons. The molecule has 1 atom stereocenters. The Bertz CT molecular complexity index is 406. The molecule has 2 fully saturated rings. The smallest absolute Gasteiger partial charge is 0.0399 e. The predicted octanol–water partition coefficient (Wildman–Crippen LogP) is 1.89. The van der Waals surface area contributed by atoms with Crippen LogP contribution in [0.1, 0.15) is 0 Å². The van der Waals surface area contributed by atoms with Crippen LogP contribution < -0.4 is 4.90 Å². The van der Waals surface area contributed by atoms with Gasteiger partial charge in [-0.3, -0.25) is 4.90 Å². The molecule has 0 aromatic heterocycles. The van der Waals surface area contributed by atoms with Crippen LogP contribution in [-0.4, -0.2) is 62.2 Å². The number of hydrogen-bond donors (Lipinski definition) is 0. The van der Waals surface area contributed by atoms with Crippen molar-refractivity contribution < 1.29 is 0 Å². The largest absolute Gasteiger partial charge is 0.369 e. The fraction of sp³-hybridized carbons (Fsp3) is 0.571. The summed E-state index contributed by atoms with van der Waals surface area (Å²) in [5, 5.41) is 0. The molecule has 0 amide bonds. The van der Waals surface area contributed by atoms with Crippen LogP contribution in [0.25, 0.3) is 0 Å². The summed E-state index contributed by atoms with van der Waals surface area (Å²) in [7, 11) is 2.23. The van der Waals surface area contributed by atoms with Gasteiger partial charge in [0.05, 0.1) is 0 Å². The lowest BCUT2D eigenvalue weighted by Crippen LogP contribution is -2.61. The molecule has 0 N–H and O–H groups in total. The van der Waals surface area contributed by atoms with Gasteiger partial charge < -0.3 is 9.80 Å². The molecule has 3 nitrogen and oxygen atoms in total. The summed E-state index contributed by atoms with van der Waals surface area (Å²) in [4.78, 5) is 7.62. The van der Waals surface area contributed by atoms with Gasteiger partial charge in [0.1, 0.15) is 0 Å². The van der Waals surface area contributed by atoms with E-state index in [2.05, 4.69) is 61.9 Å². The van der Waals surface area contributed by atoms with E-state index in [1.807, 2.05) is 0 Å². The summed E-state index contributed by atoms with van der Waals surface area (Å²) < 4.78 is 1.15. The van der Waals surface area contributed by atoms with E-state index in [0.29, 0.717) is 6.04 Å². The van der Waals surface area contributed by atoms with Crippen LogP contribution in [0.15, 0.2) is 28.7 Å². The minimum absolute atomic E-state index is 0.696. The number of fused-ring (bicyclic) bond motifs is 1. The van der Waals surface area contributed by atoms with Crippen LogP contribution in [0.3, 0.4) is 0 Å². The summed E-state index contributed by atoms with van der Waals surface area (Å²) >= 11 is 3.50. The van der Waals surface area contributed by atoms with Crippen molar-refractivity contribution in [2.75, 3.05) is 51.2 Å². The maximum atomic E-state index is 3.50. The van der Waals surface area contributed by atoms with Gasteiger partial charge in [0.25, 0.3) is 0 Å². The van der Waals surface area contributed by atoms with Crippen molar-refractivity contribution in [3.8, 4) is 0 Å². The molecule has 2 aliphatic heterocycles. The van der Waals surface area contributed by atoms with Crippen molar-refractivity contribution >= 4 is 21.6 Å². The normalized spacial score (nSPS) is 26.1. The zero-order valence-electron chi connectivity index (χ0n) is 10.8. The highest BCUT2D eigenvalue weighted by Gasteiger charge is 2.30. The highest BCUT2D eigenvalue weighted by Crippen LogP contribution is 2.23. The van der Waals surface area contributed by atoms with Gasteiger partial charge in [0.15, 0.2) is 0 Å². The molecular weight excluding hydrogens is 290 g/mol. The second-order valence-corrected chi connectivity index (χ2v) is 6.29. The molecule has 0 aliphatic carbocycles. The van der Waals surface area contributed by atoms with E-state index < -0.39 is 0 Å². The number of benzene rings is 1. The fourth-order valence-electron chi connectivity index (χ4n) is 3.00. The van der Waals surface area contributed by atoms with Crippen molar-refractivity contribution in [2.45, 2.75) is 6.04 Å². The molecule has 1 aromatic rings. The minimum Gasteiger partial charge on any atom is -0.369 e. The van der Waals surface area contributed by atoms with E-state index in [4.69, 9.17) is 0 Å². The lowest BCUT2D eigenvalue weighted by molar-refractivity contribution is 0.0807. The SMILES string of the molecule is CN1CCN2CCN(c3ccc(Br)cc3)CC2C1. The Labute approximate surface area is 117 Å². The third-order valence-corrected chi connectivity index (χ3v) is 4.62. The number of anilines is 1. The molecule has 98 valence electrons. The summed E-state index contributed by atoms with van der Waals surface area (Å²) in [5.41, 5.74) is 1.35. The number of halogens is 1. The van der Waals surface area contributed by atoms with Crippen LogP contribution in [0, 0.1) is 0 Å². The maximum absolute atomic E-state index is 3.50. The third kappa shape index (κ3) is 2.56. The Balaban J connectivity index is 1.70. The molecule has 3 rings (SSSR count). The molecule has 0 bridgehead atoms. The molecular formula is C14H20BrN3. The third-order valence-electron chi connectivity index (χ3n) is 4.09.